The molecule has 6 aromatic heterocycles. The number of nitrogens with one attached hydrogen (secondary N) is 4. The maximum absolute atomic E-state index is 13.4. The lowest BCUT2D eigenvalue weighted by molar-refractivity contribution is -0.592. The highest BCUT2D eigenvalue weighted by Crippen LogP contribution is 2.47. The van der Waals surface area contributed by atoms with Gasteiger partial charge in [0.1, 0.15) is 102 Å². The Hall–Kier alpha value is -13.3. The Labute approximate surface area is 837 Å². The fraction of sp³-hybridized carbons (Fsp3) is 0.510. The van der Waals surface area contributed by atoms with Crippen molar-refractivity contribution in [3.63, 3.8) is 0 Å². The average Bonchev–Trinajstić information content (AvgIpc) is 1.65. The van der Waals surface area contributed by atoms with E-state index >= 15 is 0 Å². The number of carbonyl (C=O) groups excluding carboxylic acids is 7. The van der Waals surface area contributed by atoms with E-state index in [1.54, 1.807) is 93.0 Å². The fourth-order valence-corrected chi connectivity index (χ4v) is 19.0. The molecule has 0 unspecified atom stereocenters. The first-order chi connectivity index (χ1) is 68.1. The summed E-state index contributed by atoms with van der Waals surface area (Å²) in [5.74, 6) is 5.44. The summed E-state index contributed by atoms with van der Waals surface area (Å²) in [4.78, 5) is 133. The van der Waals surface area contributed by atoms with Gasteiger partial charge in [0, 0.05) is 144 Å². The molecule has 0 aliphatic carbocycles. The number of aromatic carboxylic acids is 1. The van der Waals surface area contributed by atoms with Crippen LogP contribution in [0.1, 0.15) is 140 Å². The summed E-state index contributed by atoms with van der Waals surface area (Å²) in [6.07, 6.45) is 16.7. The van der Waals surface area contributed by atoms with Crippen molar-refractivity contribution in [3.05, 3.63) is 169 Å². The molecule has 41 heteroatoms. The largest absolute Gasteiger partial charge is 0.710 e. The van der Waals surface area contributed by atoms with Crippen molar-refractivity contribution in [2.75, 3.05) is 194 Å². The second-order valence-corrected chi connectivity index (χ2v) is 39.6. The second-order valence-electron chi connectivity index (χ2n) is 39.6. The van der Waals surface area contributed by atoms with Crippen molar-refractivity contribution in [1.82, 2.24) is 46.2 Å². The van der Waals surface area contributed by atoms with Crippen LogP contribution < -0.4 is 94.5 Å². The number of nitrogens with zero attached hydrogens (tertiary/aromatic N) is 13. The van der Waals surface area contributed by atoms with Crippen LogP contribution in [0.5, 0.6) is 46.0 Å². The summed E-state index contributed by atoms with van der Waals surface area (Å²) in [6, 6.07) is 35.8. The number of alkyl carbamates (subject to hydrolysis) is 2. The molecule has 143 heavy (non-hydrogen) atoms. The second kappa shape index (κ2) is 46.9. The molecule has 8 fully saturated rings. The number of halogens is 1. The number of carbonyl (C=O) groups is 8. The standard InChI is InChI=1S/C29H31N5O5.C22H32N4O5.C17H24N4O3.C14H19N3O5.C12H9NO3.C8H15NO.ClH/c1-33-26-24(7-8-25(32-26)34-14-10-29(19-34)11-15-37-16-12-29)38-18-23(28(33)36)31-27(35)22-17-21(9-13-30-22)39-20-5-3-2-4-6-20;1-21(2,3)31-20(28)23-15-13-30-16-5-6-17(24-18(16)25(4)19(15)27)26-10-7-22(14-26)8-11-29-12-9-22;1-20-15-13(24-10-12(18)16(20)22)2-3-14(19-15)21-7-4-17(11-21)5-8-23-9-6-17;1-14(2,3)22-13(19)15-9-8-21-10-6-5-7-17(20)11(10)16(4)12(9)18;14-12(15)11-8-10(6-7-13-11)16-9-4-2-1-3-5-9;1-4-9-7-8(1)2-5-10-6-3-8;/h2-9,13,17,23H,10-12,14-16,18-19H2,1H3,(H,31,35);5-6,15H,7-14H2,1-4H3,(H,23,28);2-3,12H,4-11,18H2,1H3;5-7,9H,8H2,1-4H3,(H,15,19);1-8H,(H,14,15);9H,1-7H2;1H/t23-;15-;12-;9-;;;/m0000.../s1. The summed E-state index contributed by atoms with van der Waals surface area (Å²) in [7, 11) is 6.47. The zero-order valence-corrected chi connectivity index (χ0v) is 83.5. The normalized spacial score (nSPS) is 21.0. The lowest BCUT2D eigenvalue weighted by Crippen LogP contribution is -2.51. The predicted molar refractivity (Wildman–Crippen MR) is 533 cm³/mol. The van der Waals surface area contributed by atoms with E-state index in [2.05, 4.69) is 45.9 Å². The molecule has 40 nitrogen and oxygen atoms in total. The molecule has 8 saturated heterocycles. The van der Waals surface area contributed by atoms with E-state index < -0.39 is 65.3 Å². The maximum atomic E-state index is 13.4. The van der Waals surface area contributed by atoms with Gasteiger partial charge in [-0.05, 0) is 232 Å². The van der Waals surface area contributed by atoms with Crippen LogP contribution in [-0.4, -0.2) is 273 Å². The Kier molecular flexibility index (Phi) is 34.6. The highest BCUT2D eigenvalue weighted by molar-refractivity contribution is 6.03. The van der Waals surface area contributed by atoms with Crippen LogP contribution in [0.2, 0.25) is 0 Å². The number of carboxylic acids is 1. The molecule has 20 rings (SSSR count). The molecule has 8 aromatic rings. The van der Waals surface area contributed by atoms with Gasteiger partial charge in [0.25, 0.3) is 17.7 Å². The van der Waals surface area contributed by atoms with Gasteiger partial charge in [-0.15, -0.1) is 12.4 Å². The minimum absolute atomic E-state index is 0. The third-order valence-electron chi connectivity index (χ3n) is 27.2. The number of hydrogen-bond acceptors (Lipinski definition) is 31. The SMILES string of the molecule is C1CC2(CCOCC2)CN1.CN1C(=O)[C@@H](N)COc2ccc(N3CCC4(CCOCC4)C3)nc21.CN1C(=O)[C@@H](NC(=O)OC(C)(C)C)COc2ccc(N3CCC4(CCOCC4)C3)nc21.CN1C(=O)[C@@H](NC(=O)OC(C)(C)C)COc2ccc[n+]([O-])c21.CN1C(=O)[C@@H](NC(=O)c2cc(Oc3ccccc3)ccn2)COc2ccc(N3CCC4(CCOCC4)C3)nc21.Cl.O=C(O)c1cc(Oc2ccccc2)ccn1. The van der Waals surface area contributed by atoms with Gasteiger partial charge in [0.05, 0.1) is 13.2 Å². The zero-order valence-electron chi connectivity index (χ0n) is 82.7. The van der Waals surface area contributed by atoms with Crippen molar-refractivity contribution < 1.29 is 105 Å². The number of ether oxygens (including phenoxy) is 12. The van der Waals surface area contributed by atoms with E-state index in [1.165, 1.54) is 97.3 Å². The molecule has 4 atom stereocenters. The molecule has 18 heterocycles. The number of amides is 7. The summed E-state index contributed by atoms with van der Waals surface area (Å²) >= 11 is 0. The van der Waals surface area contributed by atoms with E-state index in [-0.39, 0.29) is 84.9 Å². The van der Waals surface area contributed by atoms with Gasteiger partial charge in [-0.25, -0.2) is 43.8 Å². The van der Waals surface area contributed by atoms with Crippen molar-refractivity contribution in [1.29, 1.82) is 0 Å². The number of para-hydroxylation sites is 2. The maximum Gasteiger partial charge on any atom is 0.408 e. The van der Waals surface area contributed by atoms with Gasteiger partial charge >= 0.3 is 29.9 Å². The summed E-state index contributed by atoms with van der Waals surface area (Å²) in [5, 5.41) is 31.8. The minimum atomic E-state index is -1.07. The van der Waals surface area contributed by atoms with Gasteiger partial charge in [0.15, 0.2) is 46.4 Å². The van der Waals surface area contributed by atoms with E-state index in [0.717, 1.165) is 166 Å². The molecule has 768 valence electrons. The number of aromatic nitrogens is 6. The first-order valence-corrected chi connectivity index (χ1v) is 48.4. The van der Waals surface area contributed by atoms with E-state index in [9.17, 15) is 43.6 Å². The number of anilines is 7. The van der Waals surface area contributed by atoms with Crippen molar-refractivity contribution >= 4 is 101 Å². The minimum Gasteiger partial charge on any atom is -0.710 e. The Morgan fingerprint density at radius 3 is 1.22 bits per heavy atom. The summed E-state index contributed by atoms with van der Waals surface area (Å²) in [6.45, 7) is 25.7. The number of pyridine rings is 6. The Balaban J connectivity index is 0.000000141. The number of benzene rings is 2. The highest BCUT2D eigenvalue weighted by atomic mass is 35.5. The number of rotatable bonds is 12. The lowest BCUT2D eigenvalue weighted by atomic mass is 9.80. The third kappa shape index (κ3) is 27.2. The molecule has 0 bridgehead atoms. The van der Waals surface area contributed by atoms with E-state index in [4.69, 9.17) is 82.6 Å². The quantitative estimate of drug-likeness (QED) is 0.0489. The Morgan fingerprint density at radius 2 is 0.818 bits per heavy atom. The molecule has 7 N–H and O–H groups in total. The molecule has 4 spiro atoms. The van der Waals surface area contributed by atoms with E-state index in [1.807, 2.05) is 84.9 Å². The van der Waals surface area contributed by atoms with Crippen LogP contribution in [0.15, 0.2) is 152 Å². The molecular formula is C102H131ClN18O22. The van der Waals surface area contributed by atoms with Crippen molar-refractivity contribution in [2.24, 2.45) is 27.4 Å². The molecular weight excluding hydrogens is 1860 g/mol. The number of nitrogens with two attached hydrogens (primary N) is 1. The molecule has 2 aromatic carbocycles. The molecule has 0 saturated carbocycles. The van der Waals surface area contributed by atoms with Gasteiger partial charge in [-0.1, -0.05) is 36.4 Å². The van der Waals surface area contributed by atoms with E-state index in [0.29, 0.717) is 78.7 Å². The van der Waals surface area contributed by atoms with Gasteiger partial charge in [0.2, 0.25) is 11.7 Å². The number of hydrogen-bond donors (Lipinski definition) is 6. The van der Waals surface area contributed by atoms with Crippen LogP contribution in [0, 0.1) is 26.9 Å². The molecule has 0 radical (unpaired) electrons. The Bertz CT molecular complexity index is 5740. The lowest BCUT2D eigenvalue weighted by Gasteiger charge is -2.33. The number of likely N-dealkylation sites (N-methyl/N-ethyl adjacent to an activating group) is 4. The first-order valence-electron chi connectivity index (χ1n) is 48.4. The van der Waals surface area contributed by atoms with Gasteiger partial charge in [-0.3, -0.25) is 38.9 Å². The van der Waals surface area contributed by atoms with Gasteiger partial charge in [-0.2, -0.15) is 4.90 Å². The van der Waals surface area contributed by atoms with Crippen molar-refractivity contribution in [2.45, 2.75) is 154 Å². The molecule has 12 aliphatic heterocycles. The summed E-state index contributed by atoms with van der Waals surface area (Å²) < 4.78 is 67.1. The zero-order chi connectivity index (χ0) is 101. The van der Waals surface area contributed by atoms with Crippen molar-refractivity contribution in [3.8, 4) is 46.0 Å². The van der Waals surface area contributed by atoms with Crippen LogP contribution in [-0.2, 0) is 47.6 Å². The fourth-order valence-electron chi connectivity index (χ4n) is 19.0. The topological polar surface area (TPSA) is 456 Å². The summed E-state index contributed by atoms with van der Waals surface area (Å²) in [5.41, 5.74) is 6.18. The monoisotopic (exact) mass is 1990 g/mol. The Morgan fingerprint density at radius 1 is 0.448 bits per heavy atom. The van der Waals surface area contributed by atoms with Crippen LogP contribution in [0.4, 0.5) is 50.3 Å². The smallest absolute Gasteiger partial charge is 0.408 e. The average molecular weight is 2000 g/mol. The van der Waals surface area contributed by atoms with Gasteiger partial charge < -0.3 is 109 Å². The van der Waals surface area contributed by atoms with Crippen LogP contribution >= 0.6 is 12.4 Å². The first kappa shape index (κ1) is 106. The third-order valence-corrected chi connectivity index (χ3v) is 27.2. The molecule has 12 aliphatic rings. The van der Waals surface area contributed by atoms with Crippen LogP contribution in [0.25, 0.3) is 0 Å². The number of carboxylic acid groups (broad SMARTS) is 1. The number of fused-ring (bicyclic) bond motifs is 4. The highest BCUT2D eigenvalue weighted by Gasteiger charge is 2.46. The van der Waals surface area contributed by atoms with Crippen LogP contribution in [0.3, 0.4) is 0 Å². The predicted octanol–water partition coefficient (Wildman–Crippen LogP) is 10.9. The molecule has 7 amide bonds.